The van der Waals surface area contributed by atoms with Crippen LogP contribution in [0.1, 0.15) is 44.7 Å². The number of ether oxygens (including phenoxy) is 3. The van der Waals surface area contributed by atoms with Gasteiger partial charge in [0.1, 0.15) is 30.2 Å². The van der Waals surface area contributed by atoms with Crippen LogP contribution >= 0.6 is 7.60 Å². The molecule has 2 aromatic rings. The highest BCUT2D eigenvalue weighted by Crippen LogP contribution is 2.42. The fourth-order valence-electron chi connectivity index (χ4n) is 4.37. The maximum Gasteiger partial charge on any atom is 0.356 e. The van der Waals surface area contributed by atoms with Gasteiger partial charge in [-0.3, -0.25) is 4.57 Å². The summed E-state index contributed by atoms with van der Waals surface area (Å²) in [5.41, 5.74) is 0.288. The maximum atomic E-state index is 11.6. The molecule has 3 heterocycles. The van der Waals surface area contributed by atoms with Crippen LogP contribution in [0.4, 0.5) is 5.82 Å². The molecule has 14 nitrogen and oxygen atoms in total. The lowest BCUT2D eigenvalue weighted by molar-refractivity contribution is -0.0826. The number of aromatic nitrogens is 4. The Morgan fingerprint density at radius 2 is 2.00 bits per heavy atom. The lowest BCUT2D eigenvalue weighted by Gasteiger charge is -2.21. The van der Waals surface area contributed by atoms with E-state index in [4.69, 9.17) is 14.2 Å². The van der Waals surface area contributed by atoms with Gasteiger partial charge in [0.2, 0.25) is 5.82 Å². The van der Waals surface area contributed by atoms with Gasteiger partial charge in [-0.1, -0.05) is 18.8 Å². The van der Waals surface area contributed by atoms with Crippen LogP contribution in [-0.2, 0) is 18.8 Å². The summed E-state index contributed by atoms with van der Waals surface area (Å²) in [7, 11) is -3.37. The number of anilines is 1. The van der Waals surface area contributed by atoms with Crippen LogP contribution < -0.4 is 5.32 Å². The molecule has 0 radical (unpaired) electrons. The molecule has 204 valence electrons. The van der Waals surface area contributed by atoms with Gasteiger partial charge < -0.3 is 44.6 Å². The van der Waals surface area contributed by atoms with Gasteiger partial charge in [0.05, 0.1) is 24.8 Å². The predicted octanol–water partition coefficient (Wildman–Crippen LogP) is -0.301. The average Bonchev–Trinajstić information content (AvgIpc) is 3.56. The summed E-state index contributed by atoms with van der Waals surface area (Å²) in [5.74, 6) is 4.44. The fraction of sp³-hybridized carbons (Fsp3) is 0.682. The van der Waals surface area contributed by atoms with E-state index in [1.807, 2.05) is 0 Å². The second-order valence-electron chi connectivity index (χ2n) is 9.17. The van der Waals surface area contributed by atoms with Crippen molar-refractivity contribution in [2.75, 3.05) is 25.6 Å². The largest absolute Gasteiger partial charge is 0.387 e. The minimum absolute atomic E-state index is 0.132. The van der Waals surface area contributed by atoms with E-state index >= 15 is 0 Å². The van der Waals surface area contributed by atoms with Crippen LogP contribution in [0.15, 0.2) is 6.20 Å². The molecule has 2 aromatic heterocycles. The summed E-state index contributed by atoms with van der Waals surface area (Å²) in [5, 5.41) is 39.2. The van der Waals surface area contributed by atoms with Gasteiger partial charge in [-0.2, -0.15) is 5.10 Å². The van der Waals surface area contributed by atoms with Crippen LogP contribution in [0.25, 0.3) is 11.0 Å². The first kappa shape index (κ1) is 27.8. The molecule has 4 rings (SSSR count). The minimum Gasteiger partial charge on any atom is -0.387 e. The molecule has 6 atom stereocenters. The second-order valence-corrected chi connectivity index (χ2v) is 10.9. The van der Waals surface area contributed by atoms with Gasteiger partial charge in [0.15, 0.2) is 17.7 Å². The molecular weight excluding hydrogens is 509 g/mol. The van der Waals surface area contributed by atoms with Crippen molar-refractivity contribution in [2.24, 2.45) is 0 Å². The Hall–Kier alpha value is -2.18. The standard InChI is InChI=1S/C22H32N5O9P/c1-12(28)7-8-16-25-20(24-13-5-3-4-6-13)14-9-23-27(21(14)26-16)22-19(30)18(29)15(36-22)10-35-17(11-34-2)37(31,32)33/h9,12-13,15,17-19,22,28-30H,3-6,10-11H2,1-2H3,(H,24,25,26)(H2,31,32,33)/t12-,15-,17?,18-,19-,22-/m1/s1. The van der Waals surface area contributed by atoms with Crippen molar-refractivity contribution in [1.29, 1.82) is 0 Å². The maximum absolute atomic E-state index is 11.6. The number of nitrogens with zero attached hydrogens (tertiary/aromatic N) is 4. The molecule has 0 bridgehead atoms. The number of hydrogen-bond donors (Lipinski definition) is 6. The fourth-order valence-corrected chi connectivity index (χ4v) is 4.99. The molecule has 0 amide bonds. The zero-order valence-electron chi connectivity index (χ0n) is 20.5. The first-order valence-electron chi connectivity index (χ1n) is 12.0. The van der Waals surface area contributed by atoms with Gasteiger partial charge in [-0.15, -0.1) is 0 Å². The number of nitrogens with one attached hydrogen (secondary N) is 1. The van der Waals surface area contributed by atoms with E-state index in [-0.39, 0.29) is 24.1 Å². The molecule has 1 aliphatic heterocycles. The summed E-state index contributed by atoms with van der Waals surface area (Å²) < 4.78 is 28.8. The third kappa shape index (κ3) is 6.46. The van der Waals surface area contributed by atoms with Crippen molar-refractivity contribution in [2.45, 2.75) is 75.1 Å². The van der Waals surface area contributed by atoms with Crippen LogP contribution in [0, 0.1) is 11.8 Å². The Morgan fingerprint density at radius 3 is 2.65 bits per heavy atom. The van der Waals surface area contributed by atoms with E-state index in [1.54, 1.807) is 0 Å². The Morgan fingerprint density at radius 1 is 1.27 bits per heavy atom. The Kier molecular flexibility index (Phi) is 8.80. The van der Waals surface area contributed by atoms with E-state index in [2.05, 4.69) is 32.2 Å². The summed E-state index contributed by atoms with van der Waals surface area (Å²) >= 11 is 0. The molecule has 15 heteroatoms. The smallest absolute Gasteiger partial charge is 0.356 e. The third-order valence-corrected chi connectivity index (χ3v) is 7.31. The minimum atomic E-state index is -4.64. The van der Waals surface area contributed by atoms with Crippen molar-refractivity contribution in [3.8, 4) is 11.8 Å². The van der Waals surface area contributed by atoms with Gasteiger partial charge in [-0.05, 0) is 25.7 Å². The number of fused-ring (bicyclic) bond motifs is 1. The van der Waals surface area contributed by atoms with Gasteiger partial charge in [0, 0.05) is 13.2 Å². The average molecular weight is 541 g/mol. The van der Waals surface area contributed by atoms with Crippen molar-refractivity contribution < 1.29 is 43.9 Å². The summed E-state index contributed by atoms with van der Waals surface area (Å²) in [6.07, 6.45) is -0.336. The molecule has 1 aliphatic carbocycles. The van der Waals surface area contributed by atoms with E-state index in [1.165, 1.54) is 24.9 Å². The van der Waals surface area contributed by atoms with E-state index in [9.17, 15) is 29.7 Å². The SMILES string of the molecule is COCC(OC[C@H]1O[C@@H](n2ncc3c(NC4CCCC4)nc(C#C[C@@H](C)O)nc32)[C@H](O)[C@@H]1O)P(=O)(O)O. The topological polar surface area (TPSA) is 202 Å². The van der Waals surface area contributed by atoms with E-state index < -0.39 is 50.7 Å². The van der Waals surface area contributed by atoms with E-state index in [0.717, 1.165) is 25.7 Å². The highest BCUT2D eigenvalue weighted by atomic mass is 31.2. The monoisotopic (exact) mass is 541 g/mol. The lowest BCUT2D eigenvalue weighted by atomic mass is 10.1. The van der Waals surface area contributed by atoms with Crippen LogP contribution in [0.2, 0.25) is 0 Å². The molecule has 1 unspecified atom stereocenters. The highest BCUT2D eigenvalue weighted by Gasteiger charge is 2.46. The Labute approximate surface area is 213 Å². The predicted molar refractivity (Wildman–Crippen MR) is 129 cm³/mol. The normalized spacial score (nSPS) is 26.2. The molecule has 37 heavy (non-hydrogen) atoms. The number of rotatable bonds is 9. The zero-order valence-corrected chi connectivity index (χ0v) is 21.4. The number of aliphatic hydroxyl groups excluding tert-OH is 3. The van der Waals surface area contributed by atoms with Crippen molar-refractivity contribution in [3.05, 3.63) is 12.0 Å². The third-order valence-electron chi connectivity index (χ3n) is 6.26. The first-order chi connectivity index (χ1) is 17.6. The molecule has 2 aliphatic rings. The zero-order chi connectivity index (χ0) is 26.7. The molecule has 6 N–H and O–H groups in total. The highest BCUT2D eigenvalue weighted by molar-refractivity contribution is 7.52. The Balaban J connectivity index is 1.61. The second kappa shape index (κ2) is 11.7. The van der Waals surface area contributed by atoms with E-state index in [0.29, 0.717) is 11.2 Å². The van der Waals surface area contributed by atoms with Crippen LogP contribution in [0.3, 0.4) is 0 Å². The molecule has 0 spiro atoms. The number of methoxy groups -OCH3 is 1. The lowest BCUT2D eigenvalue weighted by Crippen LogP contribution is -2.35. The van der Waals surface area contributed by atoms with Gasteiger partial charge >= 0.3 is 7.60 Å². The summed E-state index contributed by atoms with van der Waals surface area (Å²) in [6, 6.07) is 0.227. The van der Waals surface area contributed by atoms with Crippen molar-refractivity contribution in [3.63, 3.8) is 0 Å². The van der Waals surface area contributed by atoms with Crippen LogP contribution in [0.5, 0.6) is 0 Å². The van der Waals surface area contributed by atoms with Crippen molar-refractivity contribution in [1.82, 2.24) is 19.7 Å². The molecule has 2 fully saturated rings. The molecular formula is C22H32N5O9P. The number of aliphatic hydroxyl groups is 3. The van der Waals surface area contributed by atoms with Crippen molar-refractivity contribution >= 4 is 24.4 Å². The number of hydrogen-bond acceptors (Lipinski definition) is 11. The van der Waals surface area contributed by atoms with Gasteiger partial charge in [-0.25, -0.2) is 14.6 Å². The van der Waals surface area contributed by atoms with Crippen LogP contribution in [-0.4, -0.2) is 101 Å². The first-order valence-corrected chi connectivity index (χ1v) is 13.7. The summed E-state index contributed by atoms with van der Waals surface area (Å²) in [6.45, 7) is 0.734. The molecule has 0 aromatic carbocycles. The quantitative estimate of drug-likeness (QED) is 0.179. The summed E-state index contributed by atoms with van der Waals surface area (Å²) in [4.78, 5) is 27.8. The molecule has 1 saturated carbocycles. The molecule has 1 saturated heterocycles. The Bertz CT molecular complexity index is 1190. The van der Waals surface area contributed by atoms with Gasteiger partial charge in [0.25, 0.3) is 0 Å².